The predicted molar refractivity (Wildman–Crippen MR) is 84.4 cm³/mol. The van der Waals surface area contributed by atoms with Crippen LogP contribution in [0.2, 0.25) is 0 Å². The van der Waals surface area contributed by atoms with E-state index >= 15 is 0 Å². The van der Waals surface area contributed by atoms with Crippen molar-refractivity contribution in [3.05, 3.63) is 22.5 Å². The molecule has 1 saturated heterocycles. The summed E-state index contributed by atoms with van der Waals surface area (Å²) in [6.07, 6.45) is -3.71. The monoisotopic (exact) mass is 344 g/mol. The van der Waals surface area contributed by atoms with Gasteiger partial charge in [-0.1, -0.05) is 0 Å². The van der Waals surface area contributed by atoms with Crippen LogP contribution < -0.4 is 0 Å². The van der Waals surface area contributed by atoms with Crippen LogP contribution in [0, 0.1) is 19.8 Å². The molecule has 0 radical (unpaired) electrons. The van der Waals surface area contributed by atoms with Gasteiger partial charge in [-0.05, 0) is 52.6 Å². The maximum absolute atomic E-state index is 13.0. The standard InChI is InChI=1S/C17H23F3N2O2/c1-9-14(12(4)23)10(2)21-15(9)16(24)11(3)22-7-5-6-13(8-22)17(18,19)20/h11,13,21H,5-8H2,1-4H3/t11-,13-/m0/s1. The lowest BCUT2D eigenvalue weighted by Gasteiger charge is -2.36. The molecule has 2 rings (SSSR count). The molecule has 0 aromatic carbocycles. The summed E-state index contributed by atoms with van der Waals surface area (Å²) < 4.78 is 38.9. The lowest BCUT2D eigenvalue weighted by atomic mass is 9.94. The number of halogens is 3. The van der Waals surface area contributed by atoms with Gasteiger partial charge in [-0.3, -0.25) is 14.5 Å². The molecule has 1 aliphatic rings. The molecule has 1 aliphatic heterocycles. The number of hydrogen-bond acceptors (Lipinski definition) is 3. The lowest BCUT2D eigenvalue weighted by Crippen LogP contribution is -2.48. The fourth-order valence-corrected chi connectivity index (χ4v) is 3.52. The molecule has 1 fully saturated rings. The maximum Gasteiger partial charge on any atom is 0.393 e. The highest BCUT2D eigenvalue weighted by molar-refractivity contribution is 6.05. The van der Waals surface area contributed by atoms with E-state index in [4.69, 9.17) is 0 Å². The molecular weight excluding hydrogens is 321 g/mol. The largest absolute Gasteiger partial charge is 0.393 e. The highest BCUT2D eigenvalue weighted by Gasteiger charge is 2.43. The molecule has 24 heavy (non-hydrogen) atoms. The number of carbonyl (C=O) groups is 2. The van der Waals surface area contributed by atoms with Crippen LogP contribution in [0.1, 0.15) is 58.8 Å². The zero-order chi connectivity index (χ0) is 18.2. The number of H-pyrrole nitrogens is 1. The number of hydrogen-bond donors (Lipinski definition) is 1. The number of piperidine rings is 1. The number of aromatic nitrogens is 1. The minimum atomic E-state index is -4.23. The number of carbonyl (C=O) groups excluding carboxylic acids is 2. The predicted octanol–water partition coefficient (Wildman–Crippen LogP) is 3.68. The number of nitrogens with zero attached hydrogens (tertiary/aromatic N) is 1. The Bertz CT molecular complexity index is 649. The van der Waals surface area contributed by atoms with Gasteiger partial charge in [0.1, 0.15) is 0 Å². The second-order valence-corrected chi connectivity index (χ2v) is 6.60. The van der Waals surface area contributed by atoms with Gasteiger partial charge in [0.25, 0.3) is 0 Å². The molecule has 0 spiro atoms. The van der Waals surface area contributed by atoms with Gasteiger partial charge in [-0.25, -0.2) is 0 Å². The number of rotatable bonds is 4. The number of Topliss-reactive ketones (excluding diaryl/α,β-unsaturated/α-hetero) is 2. The van der Waals surface area contributed by atoms with Gasteiger partial charge in [-0.15, -0.1) is 0 Å². The Morgan fingerprint density at radius 1 is 1.29 bits per heavy atom. The summed E-state index contributed by atoms with van der Waals surface area (Å²) in [6.45, 7) is 6.77. The molecule has 0 saturated carbocycles. The molecule has 0 bridgehead atoms. The lowest BCUT2D eigenvalue weighted by molar-refractivity contribution is -0.187. The van der Waals surface area contributed by atoms with Gasteiger partial charge in [0.2, 0.25) is 0 Å². The van der Waals surface area contributed by atoms with Gasteiger partial charge in [0.05, 0.1) is 17.7 Å². The Morgan fingerprint density at radius 3 is 2.42 bits per heavy atom. The zero-order valence-corrected chi connectivity index (χ0v) is 14.4. The molecule has 0 unspecified atom stereocenters. The van der Waals surface area contributed by atoms with Crippen molar-refractivity contribution in [2.24, 2.45) is 5.92 Å². The van der Waals surface area contributed by atoms with E-state index in [1.165, 1.54) is 6.92 Å². The first kappa shape index (κ1) is 18.7. The summed E-state index contributed by atoms with van der Waals surface area (Å²) in [4.78, 5) is 29.0. The molecule has 1 N–H and O–H groups in total. The molecule has 4 nitrogen and oxygen atoms in total. The fourth-order valence-electron chi connectivity index (χ4n) is 3.52. The third-order valence-corrected chi connectivity index (χ3v) is 4.88. The second kappa shape index (κ2) is 6.70. The van der Waals surface area contributed by atoms with E-state index in [1.807, 2.05) is 0 Å². The second-order valence-electron chi connectivity index (χ2n) is 6.60. The van der Waals surface area contributed by atoms with Crippen molar-refractivity contribution >= 4 is 11.6 Å². The van der Waals surface area contributed by atoms with Crippen molar-refractivity contribution in [2.75, 3.05) is 13.1 Å². The molecule has 1 aromatic rings. The van der Waals surface area contributed by atoms with E-state index in [1.54, 1.807) is 25.7 Å². The number of aryl methyl sites for hydroxylation is 1. The van der Waals surface area contributed by atoms with E-state index in [-0.39, 0.29) is 24.5 Å². The minimum Gasteiger partial charge on any atom is -0.355 e. The van der Waals surface area contributed by atoms with E-state index < -0.39 is 18.1 Å². The Kier molecular flexibility index (Phi) is 5.22. The molecule has 0 amide bonds. The molecule has 1 aromatic heterocycles. The summed E-state index contributed by atoms with van der Waals surface area (Å²) in [5.74, 6) is -1.80. The number of alkyl halides is 3. The van der Waals surface area contributed by atoms with Gasteiger partial charge in [0, 0.05) is 17.8 Å². The molecule has 134 valence electrons. The quantitative estimate of drug-likeness (QED) is 0.848. The molecule has 0 aliphatic carbocycles. The summed E-state index contributed by atoms with van der Waals surface area (Å²) in [6, 6.07) is -0.660. The Balaban J connectivity index is 2.21. The van der Waals surface area contributed by atoms with E-state index in [2.05, 4.69) is 4.98 Å². The summed E-state index contributed by atoms with van der Waals surface area (Å²) in [7, 11) is 0. The van der Waals surface area contributed by atoms with Crippen LogP contribution >= 0.6 is 0 Å². The van der Waals surface area contributed by atoms with Crippen LogP contribution in [0.5, 0.6) is 0 Å². The fraction of sp³-hybridized carbons (Fsp3) is 0.647. The molecule has 7 heteroatoms. The van der Waals surface area contributed by atoms with Crippen molar-refractivity contribution in [1.82, 2.24) is 9.88 Å². The number of likely N-dealkylation sites (tertiary alicyclic amines) is 1. The summed E-state index contributed by atoms with van der Waals surface area (Å²) in [5, 5.41) is 0. The van der Waals surface area contributed by atoms with Gasteiger partial charge in [0.15, 0.2) is 11.6 Å². The van der Waals surface area contributed by atoms with Crippen LogP contribution in [-0.4, -0.2) is 46.8 Å². The smallest absolute Gasteiger partial charge is 0.355 e. The topological polar surface area (TPSA) is 53.2 Å². The molecular formula is C17H23F3N2O2. The van der Waals surface area contributed by atoms with Crippen molar-refractivity contribution in [1.29, 1.82) is 0 Å². The van der Waals surface area contributed by atoms with Crippen molar-refractivity contribution in [3.63, 3.8) is 0 Å². The Labute approximate surface area is 139 Å². The van der Waals surface area contributed by atoms with Crippen LogP contribution in [0.15, 0.2) is 0 Å². The van der Waals surface area contributed by atoms with E-state index in [0.717, 1.165) is 0 Å². The van der Waals surface area contributed by atoms with Crippen molar-refractivity contribution in [2.45, 2.75) is 52.8 Å². The highest BCUT2D eigenvalue weighted by atomic mass is 19.4. The van der Waals surface area contributed by atoms with Crippen LogP contribution in [0.25, 0.3) is 0 Å². The average Bonchev–Trinajstić information content (AvgIpc) is 2.80. The van der Waals surface area contributed by atoms with Gasteiger partial charge < -0.3 is 4.98 Å². The third kappa shape index (κ3) is 3.55. The van der Waals surface area contributed by atoms with Crippen LogP contribution in [-0.2, 0) is 0 Å². The highest BCUT2D eigenvalue weighted by Crippen LogP contribution is 2.34. The number of ketones is 2. The number of nitrogens with one attached hydrogen (secondary N) is 1. The maximum atomic E-state index is 13.0. The van der Waals surface area contributed by atoms with Gasteiger partial charge in [-0.2, -0.15) is 13.2 Å². The zero-order valence-electron chi connectivity index (χ0n) is 14.4. The minimum absolute atomic E-state index is 0.107. The molecule has 2 atom stereocenters. The Morgan fingerprint density at radius 2 is 1.92 bits per heavy atom. The average molecular weight is 344 g/mol. The molecule has 2 heterocycles. The van der Waals surface area contributed by atoms with Crippen molar-refractivity contribution in [3.8, 4) is 0 Å². The first-order chi connectivity index (χ1) is 11.0. The summed E-state index contributed by atoms with van der Waals surface area (Å²) >= 11 is 0. The summed E-state index contributed by atoms with van der Waals surface area (Å²) in [5.41, 5.74) is 1.99. The SMILES string of the molecule is CC(=O)c1c(C)[nH]c(C(=O)[C@H](C)N2CCC[C@H](C(F)(F)F)C2)c1C. The van der Waals surface area contributed by atoms with E-state index in [9.17, 15) is 22.8 Å². The first-order valence-electron chi connectivity index (χ1n) is 8.09. The first-order valence-corrected chi connectivity index (χ1v) is 8.09. The van der Waals surface area contributed by atoms with Gasteiger partial charge >= 0.3 is 6.18 Å². The van der Waals surface area contributed by atoms with E-state index in [0.29, 0.717) is 35.5 Å². The normalized spacial score (nSPS) is 20.9. The van der Waals surface area contributed by atoms with Crippen LogP contribution in [0.3, 0.4) is 0 Å². The third-order valence-electron chi connectivity index (χ3n) is 4.88. The number of aromatic amines is 1. The van der Waals surface area contributed by atoms with Crippen LogP contribution in [0.4, 0.5) is 13.2 Å². The van der Waals surface area contributed by atoms with Crippen molar-refractivity contribution < 1.29 is 22.8 Å². The Hall–Kier alpha value is -1.63.